The van der Waals surface area contributed by atoms with E-state index in [1.165, 1.54) is 42.5 Å². The number of benzene rings is 2. The highest BCUT2D eigenvalue weighted by atomic mass is 19.1. The van der Waals surface area contributed by atoms with Crippen molar-refractivity contribution in [1.29, 1.82) is 0 Å². The number of hydrogen-bond acceptors (Lipinski definition) is 4. The summed E-state index contributed by atoms with van der Waals surface area (Å²) in [5.41, 5.74) is 1.48. The van der Waals surface area contributed by atoms with Gasteiger partial charge in [0.05, 0.1) is 12.0 Å². The average Bonchev–Trinajstić information content (AvgIpc) is 2.58. The molecule has 2 aromatic rings. The van der Waals surface area contributed by atoms with Crippen LogP contribution in [-0.4, -0.2) is 36.9 Å². The van der Waals surface area contributed by atoms with Gasteiger partial charge in [-0.15, -0.1) is 0 Å². The number of nitro groups is 1. The van der Waals surface area contributed by atoms with E-state index in [0.717, 1.165) is 0 Å². The van der Waals surface area contributed by atoms with Crippen molar-refractivity contribution in [3.8, 4) is 0 Å². The Morgan fingerprint density at radius 2 is 1.67 bits per heavy atom. The van der Waals surface area contributed by atoms with E-state index >= 15 is 0 Å². The van der Waals surface area contributed by atoms with Crippen molar-refractivity contribution < 1.29 is 23.8 Å². The molecule has 8 nitrogen and oxygen atoms in total. The highest BCUT2D eigenvalue weighted by Gasteiger charge is 2.16. The lowest BCUT2D eigenvalue weighted by atomic mass is 10.2. The van der Waals surface area contributed by atoms with Crippen LogP contribution in [0.3, 0.4) is 0 Å². The van der Waals surface area contributed by atoms with Crippen LogP contribution in [-0.2, 0) is 9.59 Å². The Labute approximate surface area is 155 Å². The number of carbonyl (C=O) groups is 2. The fourth-order valence-corrected chi connectivity index (χ4v) is 2.45. The van der Waals surface area contributed by atoms with Crippen molar-refractivity contribution >= 4 is 28.9 Å². The van der Waals surface area contributed by atoms with Crippen LogP contribution in [0.4, 0.5) is 21.5 Å². The Morgan fingerprint density at radius 3 is 2.22 bits per heavy atom. The fourth-order valence-electron chi connectivity index (χ4n) is 2.45. The second-order valence-corrected chi connectivity index (χ2v) is 6.17. The number of nitro benzene ring substituents is 1. The Hall–Kier alpha value is -3.33. The van der Waals surface area contributed by atoms with Crippen LogP contribution in [0, 0.1) is 22.9 Å². The summed E-state index contributed by atoms with van der Waals surface area (Å²) in [5.74, 6) is -1.02. The minimum Gasteiger partial charge on any atom is -0.322 e. The molecule has 27 heavy (non-hydrogen) atoms. The number of aryl methyl sites for hydroxylation is 1. The minimum absolute atomic E-state index is 0.0350. The number of likely N-dealkylation sites (N-methyl/N-ethyl adjacent to an activating group) is 1. The van der Waals surface area contributed by atoms with Gasteiger partial charge >= 0.3 is 0 Å². The SMILES string of the molecule is Cc1cc([N+](=O)[O-])ccc1NC(=O)C[NH+](C)CC(=O)Nc1ccc(F)cc1. The molecule has 2 amide bonds. The molecule has 0 aliphatic heterocycles. The summed E-state index contributed by atoms with van der Waals surface area (Å²) in [5, 5.41) is 16.0. The number of carbonyl (C=O) groups excluding carboxylic acids is 2. The summed E-state index contributed by atoms with van der Waals surface area (Å²) < 4.78 is 12.9. The van der Waals surface area contributed by atoms with E-state index in [1.54, 1.807) is 14.0 Å². The van der Waals surface area contributed by atoms with Crippen molar-refractivity contribution in [2.24, 2.45) is 0 Å². The molecule has 9 heteroatoms. The fraction of sp³-hybridized carbons (Fsp3) is 0.222. The Morgan fingerprint density at radius 1 is 1.07 bits per heavy atom. The molecule has 0 aromatic heterocycles. The van der Waals surface area contributed by atoms with E-state index in [9.17, 15) is 24.1 Å². The van der Waals surface area contributed by atoms with Crippen molar-refractivity contribution in [3.05, 3.63) is 64.0 Å². The maximum atomic E-state index is 12.9. The number of rotatable bonds is 7. The number of nitrogens with one attached hydrogen (secondary N) is 3. The third-order valence-electron chi connectivity index (χ3n) is 3.75. The number of non-ortho nitro benzene ring substituents is 1. The van der Waals surface area contributed by atoms with Gasteiger partial charge < -0.3 is 15.5 Å². The molecule has 1 atom stereocenters. The summed E-state index contributed by atoms with van der Waals surface area (Å²) >= 11 is 0. The molecular weight excluding hydrogens is 355 g/mol. The summed E-state index contributed by atoms with van der Waals surface area (Å²) in [6.45, 7) is 1.74. The van der Waals surface area contributed by atoms with Gasteiger partial charge in [0, 0.05) is 23.5 Å². The first-order valence-corrected chi connectivity index (χ1v) is 8.16. The van der Waals surface area contributed by atoms with E-state index in [-0.39, 0.29) is 30.6 Å². The third-order valence-corrected chi connectivity index (χ3v) is 3.75. The molecule has 2 rings (SSSR count). The quantitative estimate of drug-likeness (QED) is 0.498. The molecule has 0 bridgehead atoms. The van der Waals surface area contributed by atoms with Gasteiger partial charge in [0.25, 0.3) is 17.5 Å². The number of nitrogens with zero attached hydrogens (tertiary/aromatic N) is 1. The van der Waals surface area contributed by atoms with Gasteiger partial charge in [0.1, 0.15) is 5.82 Å². The van der Waals surface area contributed by atoms with Crippen LogP contribution in [0.2, 0.25) is 0 Å². The van der Waals surface area contributed by atoms with Crippen LogP contribution >= 0.6 is 0 Å². The zero-order valence-corrected chi connectivity index (χ0v) is 14.9. The lowest BCUT2D eigenvalue weighted by molar-refractivity contribution is -0.862. The first-order valence-electron chi connectivity index (χ1n) is 8.16. The monoisotopic (exact) mass is 375 g/mol. The summed E-state index contributed by atoms with van der Waals surface area (Å²) in [7, 11) is 1.69. The molecule has 0 heterocycles. The predicted octanol–water partition coefficient (Wildman–Crippen LogP) is 1.13. The highest BCUT2D eigenvalue weighted by Crippen LogP contribution is 2.20. The van der Waals surface area contributed by atoms with Crippen molar-refractivity contribution in [2.75, 3.05) is 30.8 Å². The molecule has 2 aromatic carbocycles. The molecule has 3 N–H and O–H groups in total. The molecule has 0 saturated carbocycles. The maximum Gasteiger partial charge on any atom is 0.279 e. The molecule has 0 saturated heterocycles. The predicted molar refractivity (Wildman–Crippen MR) is 98.1 cm³/mol. The van der Waals surface area contributed by atoms with Gasteiger partial charge in [-0.3, -0.25) is 19.7 Å². The number of hydrogen-bond donors (Lipinski definition) is 3. The van der Waals surface area contributed by atoms with Crippen molar-refractivity contribution in [1.82, 2.24) is 0 Å². The Bertz CT molecular complexity index is 855. The maximum absolute atomic E-state index is 12.9. The van der Waals surface area contributed by atoms with E-state index < -0.39 is 10.7 Å². The van der Waals surface area contributed by atoms with Gasteiger partial charge in [0.2, 0.25) is 0 Å². The first kappa shape index (κ1) is 20.0. The largest absolute Gasteiger partial charge is 0.322 e. The second-order valence-electron chi connectivity index (χ2n) is 6.17. The van der Waals surface area contributed by atoms with Crippen molar-refractivity contribution in [3.63, 3.8) is 0 Å². The normalized spacial score (nSPS) is 11.5. The average molecular weight is 375 g/mol. The van der Waals surface area contributed by atoms with Gasteiger partial charge in [-0.1, -0.05) is 0 Å². The molecule has 0 aliphatic rings. The summed E-state index contributed by atoms with van der Waals surface area (Å²) in [4.78, 5) is 35.0. The van der Waals surface area contributed by atoms with E-state index in [1.807, 2.05) is 0 Å². The Balaban J connectivity index is 1.85. The highest BCUT2D eigenvalue weighted by molar-refractivity contribution is 5.93. The molecular formula is C18H20FN4O4+. The van der Waals surface area contributed by atoms with Crippen LogP contribution in [0.15, 0.2) is 42.5 Å². The molecule has 0 radical (unpaired) electrons. The number of halogens is 1. The van der Waals surface area contributed by atoms with Gasteiger partial charge in [-0.2, -0.15) is 0 Å². The van der Waals surface area contributed by atoms with E-state index in [0.29, 0.717) is 21.8 Å². The Kier molecular flexibility index (Phi) is 6.56. The minimum atomic E-state index is -0.504. The van der Waals surface area contributed by atoms with Crippen LogP contribution < -0.4 is 15.5 Å². The third kappa shape index (κ3) is 6.15. The molecule has 0 aliphatic carbocycles. The standard InChI is InChI=1S/C18H19FN4O4/c1-12-9-15(23(26)27)7-8-16(12)21-18(25)11-22(2)10-17(24)20-14-5-3-13(19)4-6-14/h3-9H,10-11H2,1-2H3,(H,20,24)(H,21,25)/p+1. The van der Waals surface area contributed by atoms with Crippen molar-refractivity contribution in [2.45, 2.75) is 6.92 Å². The zero-order valence-electron chi connectivity index (χ0n) is 14.9. The summed E-state index contributed by atoms with van der Waals surface area (Å²) in [6, 6.07) is 9.55. The van der Waals surface area contributed by atoms with Crippen LogP contribution in [0.1, 0.15) is 5.56 Å². The molecule has 0 fully saturated rings. The lowest BCUT2D eigenvalue weighted by Crippen LogP contribution is -3.11. The van der Waals surface area contributed by atoms with Gasteiger partial charge in [-0.05, 0) is 42.8 Å². The number of anilines is 2. The zero-order chi connectivity index (χ0) is 20.0. The van der Waals surface area contributed by atoms with Gasteiger partial charge in [-0.25, -0.2) is 4.39 Å². The van der Waals surface area contributed by atoms with Gasteiger partial charge in [0.15, 0.2) is 13.1 Å². The number of amides is 2. The van der Waals surface area contributed by atoms with Crippen LogP contribution in [0.5, 0.6) is 0 Å². The van der Waals surface area contributed by atoms with Crippen LogP contribution in [0.25, 0.3) is 0 Å². The lowest BCUT2D eigenvalue weighted by Gasteiger charge is -2.14. The number of quaternary nitrogens is 1. The topological polar surface area (TPSA) is 106 Å². The second kappa shape index (κ2) is 8.86. The molecule has 1 unspecified atom stereocenters. The first-order chi connectivity index (χ1) is 12.7. The molecule has 142 valence electrons. The molecule has 0 spiro atoms. The van der Waals surface area contributed by atoms with E-state index in [4.69, 9.17) is 0 Å². The van der Waals surface area contributed by atoms with E-state index in [2.05, 4.69) is 10.6 Å². The summed E-state index contributed by atoms with van der Waals surface area (Å²) in [6.07, 6.45) is 0. The smallest absolute Gasteiger partial charge is 0.279 e.